The number of piperidine rings is 1. The number of nitrogens with two attached hydrogens (primary N) is 1. The van der Waals surface area contributed by atoms with Crippen LogP contribution in [0.4, 0.5) is 11.6 Å². The lowest BCUT2D eigenvalue weighted by atomic mass is 9.97. The van der Waals surface area contributed by atoms with Crippen molar-refractivity contribution < 1.29 is 0 Å². The molecular formula is C15H25N5. The Morgan fingerprint density at radius 2 is 2.15 bits per heavy atom. The normalized spacial score (nSPS) is 27.4. The van der Waals surface area contributed by atoms with E-state index in [0.29, 0.717) is 17.9 Å². The fourth-order valence-electron chi connectivity index (χ4n) is 3.48. The Hall–Kier alpha value is -1.36. The topological polar surface area (TPSA) is 58.3 Å². The van der Waals surface area contributed by atoms with Gasteiger partial charge in [0.15, 0.2) is 0 Å². The van der Waals surface area contributed by atoms with E-state index in [-0.39, 0.29) is 0 Å². The number of aromatic nitrogens is 2. The predicted octanol–water partition coefficient (Wildman–Crippen LogP) is 1.68. The highest BCUT2D eigenvalue weighted by molar-refractivity contribution is 5.48. The number of hydrogen-bond acceptors (Lipinski definition) is 5. The van der Waals surface area contributed by atoms with Crippen LogP contribution in [0.2, 0.25) is 0 Å². The molecule has 110 valence electrons. The molecule has 2 aliphatic rings. The van der Waals surface area contributed by atoms with Crippen LogP contribution < -0.4 is 10.6 Å². The summed E-state index contributed by atoms with van der Waals surface area (Å²) in [5.41, 5.74) is 5.93. The molecule has 0 saturated carbocycles. The van der Waals surface area contributed by atoms with Crippen LogP contribution in [0.3, 0.4) is 0 Å². The first kappa shape index (κ1) is 13.6. The minimum atomic E-state index is 0.489. The van der Waals surface area contributed by atoms with Crippen LogP contribution >= 0.6 is 0 Å². The van der Waals surface area contributed by atoms with Gasteiger partial charge in [0.25, 0.3) is 0 Å². The van der Waals surface area contributed by atoms with Gasteiger partial charge in [-0.05, 0) is 26.3 Å². The number of rotatable bonds is 2. The van der Waals surface area contributed by atoms with Gasteiger partial charge in [0.1, 0.15) is 17.5 Å². The number of nitrogen functional groups attached to an aromatic ring is 1. The summed E-state index contributed by atoms with van der Waals surface area (Å²) in [5, 5.41) is 0. The molecule has 2 atom stereocenters. The number of piperazine rings is 1. The Labute approximate surface area is 121 Å². The van der Waals surface area contributed by atoms with Crippen molar-refractivity contribution in [1.82, 2.24) is 14.9 Å². The molecule has 1 aromatic heterocycles. The lowest BCUT2D eigenvalue weighted by Gasteiger charge is -2.48. The molecule has 1 aromatic rings. The van der Waals surface area contributed by atoms with Gasteiger partial charge in [-0.15, -0.1) is 0 Å². The van der Waals surface area contributed by atoms with E-state index in [1.807, 2.05) is 6.07 Å². The van der Waals surface area contributed by atoms with Gasteiger partial charge in [-0.2, -0.15) is 0 Å². The van der Waals surface area contributed by atoms with E-state index in [2.05, 4.69) is 33.6 Å². The molecule has 0 aromatic carbocycles. The van der Waals surface area contributed by atoms with Gasteiger partial charge in [-0.1, -0.05) is 13.3 Å². The summed E-state index contributed by atoms with van der Waals surface area (Å²) in [4.78, 5) is 14.0. The Bertz CT molecular complexity index is 475. The van der Waals surface area contributed by atoms with Crippen LogP contribution in [0, 0.1) is 0 Å². The number of aryl methyl sites for hydroxylation is 1. The second-order valence-electron chi connectivity index (χ2n) is 6.07. The summed E-state index contributed by atoms with van der Waals surface area (Å²) < 4.78 is 0. The highest BCUT2D eigenvalue weighted by Crippen LogP contribution is 2.27. The molecule has 20 heavy (non-hydrogen) atoms. The van der Waals surface area contributed by atoms with Crippen molar-refractivity contribution in [1.29, 1.82) is 0 Å². The Kier molecular flexibility index (Phi) is 3.78. The lowest BCUT2D eigenvalue weighted by molar-refractivity contribution is 0.115. The summed E-state index contributed by atoms with van der Waals surface area (Å²) in [6.07, 6.45) is 4.85. The van der Waals surface area contributed by atoms with Crippen molar-refractivity contribution in [2.24, 2.45) is 0 Å². The average Bonchev–Trinajstić information content (AvgIpc) is 2.45. The summed E-state index contributed by atoms with van der Waals surface area (Å²) in [5.74, 6) is 2.44. The maximum absolute atomic E-state index is 5.93. The van der Waals surface area contributed by atoms with Gasteiger partial charge < -0.3 is 10.6 Å². The van der Waals surface area contributed by atoms with Crippen molar-refractivity contribution in [2.75, 3.05) is 30.3 Å². The quantitative estimate of drug-likeness (QED) is 0.890. The van der Waals surface area contributed by atoms with Crippen molar-refractivity contribution in [3.05, 3.63) is 11.9 Å². The molecule has 2 unspecified atom stereocenters. The first-order valence-corrected chi connectivity index (χ1v) is 7.81. The summed E-state index contributed by atoms with van der Waals surface area (Å²) in [7, 11) is 0. The van der Waals surface area contributed by atoms with Crippen LogP contribution in [-0.4, -0.2) is 46.6 Å². The molecule has 0 spiro atoms. The minimum Gasteiger partial charge on any atom is -0.384 e. The number of nitrogens with zero attached hydrogens (tertiary/aromatic N) is 4. The highest BCUT2D eigenvalue weighted by atomic mass is 15.3. The Morgan fingerprint density at radius 1 is 1.30 bits per heavy atom. The van der Waals surface area contributed by atoms with Crippen LogP contribution in [0.5, 0.6) is 0 Å². The van der Waals surface area contributed by atoms with Crippen LogP contribution in [0.25, 0.3) is 0 Å². The lowest BCUT2D eigenvalue weighted by Crippen LogP contribution is -2.59. The van der Waals surface area contributed by atoms with E-state index < -0.39 is 0 Å². The Morgan fingerprint density at radius 3 is 2.95 bits per heavy atom. The van der Waals surface area contributed by atoms with E-state index in [4.69, 9.17) is 5.73 Å². The van der Waals surface area contributed by atoms with Crippen LogP contribution in [0.15, 0.2) is 6.07 Å². The molecule has 5 nitrogen and oxygen atoms in total. The monoisotopic (exact) mass is 275 g/mol. The van der Waals surface area contributed by atoms with E-state index in [1.54, 1.807) is 0 Å². The van der Waals surface area contributed by atoms with Gasteiger partial charge in [0.05, 0.1) is 0 Å². The van der Waals surface area contributed by atoms with Crippen LogP contribution in [0.1, 0.15) is 38.9 Å². The molecular weight excluding hydrogens is 250 g/mol. The van der Waals surface area contributed by atoms with E-state index in [9.17, 15) is 0 Å². The predicted molar refractivity (Wildman–Crippen MR) is 81.8 cm³/mol. The molecule has 3 heterocycles. The molecule has 3 rings (SSSR count). The summed E-state index contributed by atoms with van der Waals surface area (Å²) in [6, 6.07) is 3.10. The van der Waals surface area contributed by atoms with Gasteiger partial charge in [0, 0.05) is 37.7 Å². The smallest absolute Gasteiger partial charge is 0.134 e. The average molecular weight is 275 g/mol. The maximum Gasteiger partial charge on any atom is 0.134 e. The van der Waals surface area contributed by atoms with Gasteiger partial charge >= 0.3 is 0 Å². The first-order valence-electron chi connectivity index (χ1n) is 7.81. The molecule has 2 aliphatic heterocycles. The van der Waals surface area contributed by atoms with Crippen LogP contribution in [-0.2, 0) is 6.42 Å². The van der Waals surface area contributed by atoms with Gasteiger partial charge in [-0.3, -0.25) is 4.90 Å². The molecule has 2 saturated heterocycles. The van der Waals surface area contributed by atoms with Gasteiger partial charge in [0.2, 0.25) is 0 Å². The molecule has 2 fully saturated rings. The number of hydrogen-bond donors (Lipinski definition) is 1. The second kappa shape index (κ2) is 5.56. The van der Waals surface area contributed by atoms with E-state index >= 15 is 0 Å². The van der Waals surface area contributed by atoms with E-state index in [1.165, 1.54) is 25.8 Å². The zero-order valence-electron chi connectivity index (χ0n) is 12.5. The molecule has 0 bridgehead atoms. The third-order valence-corrected chi connectivity index (χ3v) is 4.58. The fourth-order valence-corrected chi connectivity index (χ4v) is 3.48. The number of anilines is 2. The van der Waals surface area contributed by atoms with E-state index in [0.717, 1.165) is 31.2 Å². The fraction of sp³-hybridized carbons (Fsp3) is 0.733. The largest absolute Gasteiger partial charge is 0.384 e. The van der Waals surface area contributed by atoms with Crippen molar-refractivity contribution in [3.8, 4) is 0 Å². The maximum atomic E-state index is 5.93. The molecule has 0 radical (unpaired) electrons. The SMILES string of the molecule is CCc1nc(N)cc(N2CC3CCCCN3CC2C)n1. The molecule has 0 aliphatic carbocycles. The van der Waals surface area contributed by atoms with Crippen molar-refractivity contribution >= 4 is 11.6 Å². The zero-order valence-corrected chi connectivity index (χ0v) is 12.5. The molecule has 0 amide bonds. The molecule has 5 heteroatoms. The zero-order chi connectivity index (χ0) is 14.1. The number of fused-ring (bicyclic) bond motifs is 1. The third-order valence-electron chi connectivity index (χ3n) is 4.58. The standard InChI is InChI=1S/C15H25N5/c1-3-14-17-13(16)8-15(18-14)20-10-12-6-4-5-7-19(12)9-11(20)2/h8,11-12H,3-7,9-10H2,1-2H3,(H2,16,17,18). The molecule has 2 N–H and O–H groups in total. The van der Waals surface area contributed by atoms with Gasteiger partial charge in [-0.25, -0.2) is 9.97 Å². The summed E-state index contributed by atoms with van der Waals surface area (Å²) >= 11 is 0. The Balaban J connectivity index is 1.83. The van der Waals surface area contributed by atoms with Crippen molar-refractivity contribution in [3.63, 3.8) is 0 Å². The first-order chi connectivity index (χ1) is 9.67. The minimum absolute atomic E-state index is 0.489. The second-order valence-corrected chi connectivity index (χ2v) is 6.07. The van der Waals surface area contributed by atoms with Crippen molar-refractivity contribution in [2.45, 2.75) is 51.6 Å². The third kappa shape index (κ3) is 2.59. The highest BCUT2D eigenvalue weighted by Gasteiger charge is 2.33. The summed E-state index contributed by atoms with van der Waals surface area (Å²) in [6.45, 7) is 7.82.